The average Bonchev–Trinajstić information content (AvgIpc) is 3.05. The second-order valence-corrected chi connectivity index (χ2v) is 7.92. The van der Waals surface area contributed by atoms with E-state index in [-0.39, 0.29) is 18.5 Å². The molecule has 0 saturated carbocycles. The molecule has 27 heavy (non-hydrogen) atoms. The number of carbonyl (C=O) groups is 1. The third kappa shape index (κ3) is 3.95. The number of nitrogens with two attached hydrogens (primary N) is 1. The Bertz CT molecular complexity index is 1020. The van der Waals surface area contributed by atoms with Crippen LogP contribution in [0, 0.1) is 0 Å². The van der Waals surface area contributed by atoms with Gasteiger partial charge in [0.05, 0.1) is 5.39 Å². The van der Waals surface area contributed by atoms with Crippen molar-refractivity contribution in [2.45, 2.75) is 52.5 Å². The van der Waals surface area contributed by atoms with Crippen molar-refractivity contribution in [2.75, 3.05) is 0 Å². The Hall–Kier alpha value is -2.47. The predicted molar refractivity (Wildman–Crippen MR) is 111 cm³/mol. The number of rotatable bonds is 7. The molecule has 0 aliphatic rings. The minimum absolute atomic E-state index is 0.0890. The number of benzene rings is 1. The first kappa shape index (κ1) is 19.3. The fourth-order valence-corrected chi connectivity index (χ4v) is 4.15. The number of primary amides is 1. The summed E-state index contributed by atoms with van der Waals surface area (Å²) >= 11 is 1.49. The predicted octanol–water partition coefficient (Wildman–Crippen LogP) is 4.08. The molecule has 1 amide bonds. The lowest BCUT2D eigenvalue weighted by Gasteiger charge is -2.12. The summed E-state index contributed by atoms with van der Waals surface area (Å²) in [5.41, 5.74) is 8.38. The van der Waals surface area contributed by atoms with E-state index in [9.17, 15) is 9.59 Å². The van der Waals surface area contributed by atoms with E-state index in [0.29, 0.717) is 17.7 Å². The molecule has 3 rings (SSSR count). The molecule has 3 aromatic rings. The Morgan fingerprint density at radius 1 is 1.26 bits per heavy atom. The van der Waals surface area contributed by atoms with Gasteiger partial charge >= 0.3 is 0 Å². The zero-order valence-electron chi connectivity index (χ0n) is 16.0. The molecule has 0 aliphatic heterocycles. The lowest BCUT2D eigenvalue weighted by molar-refractivity contribution is -0.118. The van der Waals surface area contributed by atoms with Gasteiger partial charge in [0.15, 0.2) is 0 Å². The monoisotopic (exact) mass is 383 g/mol. The zero-order chi connectivity index (χ0) is 19.6. The molecule has 0 bridgehead atoms. The molecule has 0 radical (unpaired) electrons. The van der Waals surface area contributed by atoms with Crippen molar-refractivity contribution >= 4 is 27.5 Å². The molecule has 0 atom stereocenters. The van der Waals surface area contributed by atoms with E-state index < -0.39 is 5.91 Å². The van der Waals surface area contributed by atoms with Gasteiger partial charge in [0, 0.05) is 30.3 Å². The zero-order valence-corrected chi connectivity index (χ0v) is 16.8. The summed E-state index contributed by atoms with van der Waals surface area (Å²) in [4.78, 5) is 30.0. The van der Waals surface area contributed by atoms with Gasteiger partial charge in [-0.25, -0.2) is 4.98 Å². The van der Waals surface area contributed by atoms with Crippen LogP contribution in [0.25, 0.3) is 21.3 Å². The van der Waals surface area contributed by atoms with Crippen molar-refractivity contribution in [1.82, 2.24) is 9.55 Å². The highest BCUT2D eigenvalue weighted by molar-refractivity contribution is 7.17. The van der Waals surface area contributed by atoms with E-state index in [0.717, 1.165) is 28.2 Å². The SMILES string of the molecule is CCCc1nc2scc(-c3ccc(C(C)C)cc3)c2c(=O)n1CCC(N)=O. The minimum atomic E-state index is -0.417. The van der Waals surface area contributed by atoms with Crippen LogP contribution < -0.4 is 11.3 Å². The molecule has 0 unspecified atom stereocenters. The summed E-state index contributed by atoms with van der Waals surface area (Å²) in [6.45, 7) is 6.63. The number of thiophene rings is 1. The summed E-state index contributed by atoms with van der Waals surface area (Å²) in [7, 11) is 0. The van der Waals surface area contributed by atoms with Crippen LogP contribution in [0.4, 0.5) is 0 Å². The number of amides is 1. The van der Waals surface area contributed by atoms with Gasteiger partial charge in [0.25, 0.3) is 5.56 Å². The molecule has 0 fully saturated rings. The first-order valence-corrected chi connectivity index (χ1v) is 10.2. The van der Waals surface area contributed by atoms with Gasteiger partial charge in [-0.05, 0) is 23.5 Å². The summed E-state index contributed by atoms with van der Waals surface area (Å²) < 4.78 is 1.62. The van der Waals surface area contributed by atoms with Gasteiger partial charge in [0.1, 0.15) is 10.7 Å². The highest BCUT2D eigenvalue weighted by atomic mass is 32.1. The van der Waals surface area contributed by atoms with Crippen molar-refractivity contribution in [3.8, 4) is 11.1 Å². The van der Waals surface area contributed by atoms with Gasteiger partial charge < -0.3 is 5.73 Å². The maximum Gasteiger partial charge on any atom is 0.262 e. The number of carbonyl (C=O) groups excluding carboxylic acids is 1. The number of nitrogens with zero attached hydrogens (tertiary/aromatic N) is 2. The lowest BCUT2D eigenvalue weighted by Crippen LogP contribution is -2.27. The Balaban J connectivity index is 2.14. The van der Waals surface area contributed by atoms with Gasteiger partial charge in [-0.3, -0.25) is 14.2 Å². The maximum absolute atomic E-state index is 13.2. The van der Waals surface area contributed by atoms with Gasteiger partial charge in [-0.15, -0.1) is 11.3 Å². The van der Waals surface area contributed by atoms with Crippen LogP contribution >= 0.6 is 11.3 Å². The molecular formula is C21H25N3O2S. The standard InChI is InChI=1S/C21H25N3O2S/c1-4-5-18-23-20-19(21(26)24(18)11-10-17(22)25)16(12-27-20)15-8-6-14(7-9-15)13(2)3/h6-9,12-13H,4-5,10-11H2,1-3H3,(H2,22,25). The van der Waals surface area contributed by atoms with Crippen LogP contribution in [0.5, 0.6) is 0 Å². The van der Waals surface area contributed by atoms with E-state index in [2.05, 4.69) is 38.1 Å². The van der Waals surface area contributed by atoms with Crippen molar-refractivity contribution in [2.24, 2.45) is 5.73 Å². The molecule has 0 aliphatic carbocycles. The fraction of sp³-hybridized carbons (Fsp3) is 0.381. The molecule has 6 heteroatoms. The van der Waals surface area contributed by atoms with Crippen molar-refractivity contribution in [1.29, 1.82) is 0 Å². The largest absolute Gasteiger partial charge is 0.370 e. The second-order valence-electron chi connectivity index (χ2n) is 7.06. The molecule has 2 aromatic heterocycles. The Kier molecular flexibility index (Phi) is 5.75. The second kappa shape index (κ2) is 8.05. The first-order chi connectivity index (χ1) is 12.9. The lowest BCUT2D eigenvalue weighted by atomic mass is 9.99. The Morgan fingerprint density at radius 2 is 1.96 bits per heavy atom. The molecule has 5 nitrogen and oxygen atoms in total. The van der Waals surface area contributed by atoms with Crippen LogP contribution in [-0.4, -0.2) is 15.5 Å². The smallest absolute Gasteiger partial charge is 0.262 e. The number of aromatic nitrogens is 2. The molecule has 0 saturated heterocycles. The van der Waals surface area contributed by atoms with Crippen molar-refractivity contribution < 1.29 is 4.79 Å². The number of hydrogen-bond donors (Lipinski definition) is 1. The van der Waals surface area contributed by atoms with Gasteiger partial charge in [-0.1, -0.05) is 45.0 Å². The van der Waals surface area contributed by atoms with E-state index in [4.69, 9.17) is 10.7 Å². The number of hydrogen-bond acceptors (Lipinski definition) is 4. The third-order valence-corrected chi connectivity index (χ3v) is 5.59. The van der Waals surface area contributed by atoms with E-state index in [1.807, 2.05) is 12.3 Å². The van der Waals surface area contributed by atoms with Crippen molar-refractivity contribution in [3.63, 3.8) is 0 Å². The van der Waals surface area contributed by atoms with Gasteiger partial charge in [-0.2, -0.15) is 0 Å². The quantitative estimate of drug-likeness (QED) is 0.668. The van der Waals surface area contributed by atoms with Crippen LogP contribution in [0.15, 0.2) is 34.4 Å². The Labute approximate surface area is 162 Å². The van der Waals surface area contributed by atoms with Crippen LogP contribution in [0.1, 0.15) is 50.9 Å². The van der Waals surface area contributed by atoms with Crippen LogP contribution in [0.3, 0.4) is 0 Å². The highest BCUT2D eigenvalue weighted by Gasteiger charge is 2.17. The van der Waals surface area contributed by atoms with E-state index in [1.165, 1.54) is 16.9 Å². The first-order valence-electron chi connectivity index (χ1n) is 9.32. The fourth-order valence-electron chi connectivity index (χ4n) is 3.19. The maximum atomic E-state index is 13.2. The summed E-state index contributed by atoms with van der Waals surface area (Å²) in [6.07, 6.45) is 1.70. The van der Waals surface area contributed by atoms with Gasteiger partial charge in [0.2, 0.25) is 5.91 Å². The molecule has 0 spiro atoms. The third-order valence-electron chi connectivity index (χ3n) is 4.72. The normalized spacial score (nSPS) is 11.4. The molecule has 142 valence electrons. The minimum Gasteiger partial charge on any atom is -0.370 e. The number of fused-ring (bicyclic) bond motifs is 1. The summed E-state index contributed by atoms with van der Waals surface area (Å²) in [6, 6.07) is 8.33. The molecule has 1 aromatic carbocycles. The van der Waals surface area contributed by atoms with E-state index in [1.54, 1.807) is 4.57 Å². The highest BCUT2D eigenvalue weighted by Crippen LogP contribution is 2.32. The van der Waals surface area contributed by atoms with Crippen LogP contribution in [-0.2, 0) is 17.8 Å². The number of aryl methyl sites for hydroxylation is 1. The topological polar surface area (TPSA) is 78.0 Å². The summed E-state index contributed by atoms with van der Waals surface area (Å²) in [5.74, 6) is 0.765. The van der Waals surface area contributed by atoms with Crippen molar-refractivity contribution in [3.05, 3.63) is 51.4 Å². The summed E-state index contributed by atoms with van der Waals surface area (Å²) in [5, 5.41) is 2.62. The van der Waals surface area contributed by atoms with E-state index >= 15 is 0 Å². The average molecular weight is 384 g/mol. The molecular weight excluding hydrogens is 358 g/mol. The van der Waals surface area contributed by atoms with Crippen LogP contribution in [0.2, 0.25) is 0 Å². The Morgan fingerprint density at radius 3 is 2.56 bits per heavy atom. The molecule has 2 N–H and O–H groups in total. The molecule has 2 heterocycles.